The number of halogens is 3. The Kier molecular flexibility index (Phi) is 12.9. The lowest BCUT2D eigenvalue weighted by Crippen LogP contribution is -2.53. The third kappa shape index (κ3) is 10.6. The number of amides is 3. The molecule has 5 aromatic rings. The van der Waals surface area contributed by atoms with Crippen molar-refractivity contribution in [1.29, 1.82) is 0 Å². The number of fused-ring (bicyclic) bond motifs is 2. The lowest BCUT2D eigenvalue weighted by Gasteiger charge is -2.35. The number of alkyl halides is 3. The minimum Gasteiger partial charge on any atom is -0.374 e. The van der Waals surface area contributed by atoms with Gasteiger partial charge in [0.15, 0.2) is 17.4 Å². The number of anilines is 2. The Morgan fingerprint density at radius 1 is 0.984 bits per heavy atom. The van der Waals surface area contributed by atoms with Crippen LogP contribution in [0.25, 0.3) is 11.0 Å². The molecule has 328 valence electrons. The molecule has 0 aliphatic carbocycles. The van der Waals surface area contributed by atoms with E-state index in [-0.39, 0.29) is 42.1 Å². The molecule has 0 bridgehead atoms. The number of aliphatic hydroxyl groups is 1. The molecular formula is C45H46F3N9O6. The van der Waals surface area contributed by atoms with Crippen LogP contribution in [0, 0.1) is 18.8 Å². The number of aliphatic hydroxyl groups excluding tert-OH is 1. The molecule has 18 heteroatoms. The number of hydrogen-bond donors (Lipinski definition) is 5. The summed E-state index contributed by atoms with van der Waals surface area (Å²) in [6.45, 7) is 5.48. The topological polar surface area (TPSA) is 177 Å². The van der Waals surface area contributed by atoms with Crippen molar-refractivity contribution in [1.82, 2.24) is 35.5 Å². The molecule has 0 saturated carbocycles. The first kappa shape index (κ1) is 43.1. The van der Waals surface area contributed by atoms with Crippen LogP contribution in [0.1, 0.15) is 76.7 Å². The molecule has 3 aromatic carbocycles. The first-order chi connectivity index (χ1) is 30.4. The average molecular weight is 866 g/mol. The maximum absolute atomic E-state index is 14.4. The summed E-state index contributed by atoms with van der Waals surface area (Å²) in [5.74, 6) is 5.46. The van der Waals surface area contributed by atoms with Crippen LogP contribution in [0.5, 0.6) is 11.5 Å². The van der Waals surface area contributed by atoms with Crippen LogP contribution in [0.2, 0.25) is 0 Å². The van der Waals surface area contributed by atoms with Gasteiger partial charge in [-0.15, -0.1) is 0 Å². The molecule has 3 aliphatic rings. The molecular weight excluding hydrogens is 820 g/mol. The van der Waals surface area contributed by atoms with Gasteiger partial charge in [0, 0.05) is 78.3 Å². The van der Waals surface area contributed by atoms with Crippen LogP contribution in [0.4, 0.5) is 24.5 Å². The monoisotopic (exact) mass is 865 g/mol. The second-order valence-electron chi connectivity index (χ2n) is 15.8. The van der Waals surface area contributed by atoms with Crippen LogP contribution in [-0.4, -0.2) is 98.0 Å². The maximum atomic E-state index is 14.4. The van der Waals surface area contributed by atoms with E-state index in [1.54, 1.807) is 48.8 Å². The van der Waals surface area contributed by atoms with E-state index in [0.29, 0.717) is 53.5 Å². The smallest absolute Gasteiger partial charge is 0.374 e. The summed E-state index contributed by atoms with van der Waals surface area (Å²) in [7, 11) is 0. The lowest BCUT2D eigenvalue weighted by atomic mass is 10.0. The van der Waals surface area contributed by atoms with Crippen molar-refractivity contribution >= 4 is 40.1 Å². The zero-order valence-electron chi connectivity index (χ0n) is 34.4. The molecule has 5 N–H and O–H groups in total. The highest BCUT2D eigenvalue weighted by Crippen LogP contribution is 2.42. The molecule has 2 aromatic heterocycles. The van der Waals surface area contributed by atoms with Gasteiger partial charge >= 0.3 is 6.18 Å². The summed E-state index contributed by atoms with van der Waals surface area (Å²) in [6, 6.07) is 15.1. The van der Waals surface area contributed by atoms with Crippen LogP contribution in [-0.2, 0) is 22.3 Å². The number of H-pyrrole nitrogens is 1. The molecule has 5 heterocycles. The predicted molar refractivity (Wildman–Crippen MR) is 226 cm³/mol. The quantitative estimate of drug-likeness (QED) is 0.0420. The zero-order chi connectivity index (χ0) is 44.1. The molecule has 2 saturated heterocycles. The van der Waals surface area contributed by atoms with Gasteiger partial charge in [-0.05, 0) is 92.7 Å². The van der Waals surface area contributed by atoms with Gasteiger partial charge in [-0.25, -0.2) is 4.98 Å². The number of piperazine rings is 1. The summed E-state index contributed by atoms with van der Waals surface area (Å²) in [5, 5.41) is 27.3. The molecule has 3 amide bonds. The standard InChI is InChI=1S/C45H46F3N9O6/c1-28-9-11-31(23-30(28)12-10-29-22-33-26-50-54-42(33)49-25-29)43(60)51-34-14-13-32(35(24-34)45(46,47)48)27-56-20-18-55(19-21-56)17-4-2-3-8-39(58)52-36-6-5-7-38-41(36)63-57(62-38)37-15-16-40(59)53-44(37)61/h5-7,9,11,13-14,22-26,37,39,52,58H,2-4,8,15-21,27H2,1H3,(H,51,60)(H,49,50,54)(H,53,59,61). The van der Waals surface area contributed by atoms with E-state index < -0.39 is 35.8 Å². The first-order valence-corrected chi connectivity index (χ1v) is 20.8. The minimum atomic E-state index is -4.62. The number of rotatable bonds is 13. The number of carbonyl (C=O) groups is 3. The largest absolute Gasteiger partial charge is 0.416 e. The van der Waals surface area contributed by atoms with Gasteiger partial charge < -0.3 is 30.3 Å². The fourth-order valence-electron chi connectivity index (χ4n) is 7.73. The molecule has 2 atom stereocenters. The number of hydrogen-bond acceptors (Lipinski definition) is 12. The van der Waals surface area contributed by atoms with Crippen molar-refractivity contribution in [3.8, 4) is 23.3 Å². The zero-order valence-corrected chi connectivity index (χ0v) is 34.4. The number of aryl methyl sites for hydroxylation is 1. The fraction of sp³-hybridized carbons (Fsp3) is 0.356. The molecule has 2 fully saturated rings. The molecule has 15 nitrogen and oxygen atoms in total. The van der Waals surface area contributed by atoms with Gasteiger partial charge in [-0.2, -0.15) is 18.3 Å². The second-order valence-corrected chi connectivity index (χ2v) is 15.8. The van der Waals surface area contributed by atoms with E-state index in [1.807, 2.05) is 17.9 Å². The number of pyridine rings is 1. The van der Waals surface area contributed by atoms with E-state index in [2.05, 4.69) is 47.9 Å². The third-order valence-corrected chi connectivity index (χ3v) is 11.3. The SMILES string of the molecule is Cc1ccc(C(=O)Nc2ccc(CN3CCN(CCCCCC(O)Nc4cccc5c4ON(C4CCC(=O)NC4=O)O5)CC3)c(C(F)(F)F)c2)cc1C#Cc1cnc2[nH]ncc2c1. The van der Waals surface area contributed by atoms with Crippen molar-refractivity contribution in [3.63, 3.8) is 0 Å². The van der Waals surface area contributed by atoms with Crippen molar-refractivity contribution in [2.24, 2.45) is 0 Å². The van der Waals surface area contributed by atoms with Gasteiger partial charge in [0.2, 0.25) is 11.7 Å². The van der Waals surface area contributed by atoms with Gasteiger partial charge in [0.05, 0.1) is 17.4 Å². The molecule has 63 heavy (non-hydrogen) atoms. The van der Waals surface area contributed by atoms with Crippen LogP contribution in [0.15, 0.2) is 73.1 Å². The highest BCUT2D eigenvalue weighted by Gasteiger charge is 2.40. The first-order valence-electron chi connectivity index (χ1n) is 20.8. The van der Waals surface area contributed by atoms with Crippen molar-refractivity contribution < 1.29 is 42.3 Å². The van der Waals surface area contributed by atoms with E-state index in [9.17, 15) is 32.7 Å². The van der Waals surface area contributed by atoms with E-state index in [1.165, 1.54) is 12.1 Å². The number of piperidine rings is 1. The van der Waals surface area contributed by atoms with Crippen molar-refractivity contribution in [2.75, 3.05) is 43.4 Å². The maximum Gasteiger partial charge on any atom is 0.416 e. The third-order valence-electron chi connectivity index (χ3n) is 11.3. The molecule has 3 aliphatic heterocycles. The number of imide groups is 1. The number of aromatic nitrogens is 3. The Morgan fingerprint density at radius 3 is 2.62 bits per heavy atom. The highest BCUT2D eigenvalue weighted by molar-refractivity contribution is 6.04. The molecule has 0 spiro atoms. The minimum absolute atomic E-state index is 0.0439. The van der Waals surface area contributed by atoms with Crippen molar-refractivity contribution in [3.05, 3.63) is 106 Å². The van der Waals surface area contributed by atoms with Gasteiger partial charge in [0.25, 0.3) is 11.8 Å². The fourth-order valence-corrected chi connectivity index (χ4v) is 7.73. The number of unbranched alkanes of at least 4 members (excludes halogenated alkanes) is 2. The van der Waals surface area contributed by atoms with Gasteiger partial charge in [0.1, 0.15) is 6.23 Å². The van der Waals surface area contributed by atoms with E-state index >= 15 is 0 Å². The molecule has 0 radical (unpaired) electrons. The number of aromatic amines is 1. The molecule has 8 rings (SSSR count). The summed E-state index contributed by atoms with van der Waals surface area (Å²) < 4.78 is 43.2. The Balaban J connectivity index is 0.773. The summed E-state index contributed by atoms with van der Waals surface area (Å²) in [6.07, 6.45) is 1.21. The number of carbonyl (C=O) groups excluding carboxylic acids is 3. The Bertz CT molecular complexity index is 2560. The van der Waals surface area contributed by atoms with Gasteiger partial charge in [-0.3, -0.25) is 29.7 Å². The number of nitrogens with one attached hydrogen (secondary N) is 4. The number of benzene rings is 3. The molecule has 2 unspecified atom stereocenters. The van der Waals surface area contributed by atoms with Crippen LogP contribution >= 0.6 is 0 Å². The second kappa shape index (κ2) is 18.8. The van der Waals surface area contributed by atoms with Gasteiger partial charge in [-0.1, -0.05) is 36.5 Å². The lowest BCUT2D eigenvalue weighted by molar-refractivity contribution is -0.252. The number of para-hydroxylation sites is 1. The van der Waals surface area contributed by atoms with Crippen molar-refractivity contribution in [2.45, 2.75) is 70.4 Å². The highest BCUT2D eigenvalue weighted by atomic mass is 19.4. The summed E-state index contributed by atoms with van der Waals surface area (Å²) >= 11 is 0. The predicted octanol–water partition coefficient (Wildman–Crippen LogP) is 5.75. The van der Waals surface area contributed by atoms with Crippen LogP contribution < -0.4 is 25.6 Å². The van der Waals surface area contributed by atoms with E-state index in [4.69, 9.17) is 9.68 Å². The van der Waals surface area contributed by atoms with Crippen LogP contribution in [0.3, 0.4) is 0 Å². The summed E-state index contributed by atoms with van der Waals surface area (Å²) in [5.41, 5.74) is 2.92. The summed E-state index contributed by atoms with van der Waals surface area (Å²) in [4.78, 5) is 57.2. The Labute approximate surface area is 360 Å². The Morgan fingerprint density at radius 2 is 1.81 bits per heavy atom. The number of hydroxylamine groups is 2. The van der Waals surface area contributed by atoms with E-state index in [0.717, 1.165) is 61.1 Å². The normalized spacial score (nSPS) is 17.6. The average Bonchev–Trinajstić information content (AvgIpc) is 3.92. The Hall–Kier alpha value is -6.52. The number of nitrogens with zero attached hydrogens (tertiary/aromatic N) is 5.